The largest absolute Gasteiger partial charge is 0.444 e. The van der Waals surface area contributed by atoms with Crippen molar-refractivity contribution in [2.75, 3.05) is 0 Å². The number of allylic oxidation sites excluding steroid dienone is 1. The van der Waals surface area contributed by atoms with E-state index in [9.17, 15) is 10.1 Å². The van der Waals surface area contributed by atoms with Gasteiger partial charge in [0.15, 0.2) is 0 Å². The van der Waals surface area contributed by atoms with Gasteiger partial charge in [0.25, 0.3) is 0 Å². The molecule has 32 heavy (non-hydrogen) atoms. The maximum absolute atomic E-state index is 15.2. The Kier molecular flexibility index (Phi) is 6.42. The fourth-order valence-electron chi connectivity index (χ4n) is 5.02. The number of aryl methyl sites for hydroxylation is 2. The zero-order chi connectivity index (χ0) is 23.8. The summed E-state index contributed by atoms with van der Waals surface area (Å²) in [7, 11) is 0. The third kappa shape index (κ3) is 5.15. The van der Waals surface area contributed by atoms with Crippen LogP contribution in [0, 0.1) is 36.4 Å². The van der Waals surface area contributed by atoms with Crippen LogP contribution in [0.3, 0.4) is 0 Å². The van der Waals surface area contributed by atoms with E-state index in [0.717, 1.165) is 41.5 Å². The second-order valence-corrected chi connectivity index (χ2v) is 10.8. The normalized spacial score (nSPS) is 17.1. The average Bonchev–Trinajstić information content (AvgIpc) is 2.93. The monoisotopic (exact) mass is 439 g/mol. The maximum Gasteiger partial charge on any atom is 0.407 e. The van der Waals surface area contributed by atoms with Crippen molar-refractivity contribution >= 4 is 22.6 Å². The van der Waals surface area contributed by atoms with Crippen LogP contribution in [0.5, 0.6) is 0 Å². The van der Waals surface area contributed by atoms with E-state index in [0.29, 0.717) is 23.1 Å². The SMILES string of the molecule is Cc1[nH]c2c(C#N)cc(F)c(C3=CCC[C@H](NC(=O)OC(C)(C)CC(C)(C)C)C3)c2c1C. The fourth-order valence-corrected chi connectivity index (χ4v) is 5.02. The number of nitrogens with zero attached hydrogens (tertiary/aromatic N) is 1. The molecule has 0 fully saturated rings. The number of hydrogen-bond acceptors (Lipinski definition) is 3. The smallest absolute Gasteiger partial charge is 0.407 e. The van der Waals surface area contributed by atoms with Gasteiger partial charge in [0, 0.05) is 22.7 Å². The summed E-state index contributed by atoms with van der Waals surface area (Å²) in [5.41, 5.74) is 3.64. The second kappa shape index (κ2) is 8.61. The Bertz CT molecular complexity index is 1110. The van der Waals surface area contributed by atoms with E-state index in [1.807, 2.05) is 33.8 Å². The molecule has 2 N–H and O–H groups in total. The molecule has 1 aliphatic carbocycles. The van der Waals surface area contributed by atoms with Crippen LogP contribution in [0.25, 0.3) is 16.5 Å². The number of halogens is 1. The minimum absolute atomic E-state index is 0.0373. The molecule has 1 atom stereocenters. The van der Waals surface area contributed by atoms with Crippen molar-refractivity contribution in [1.29, 1.82) is 5.26 Å². The molecule has 1 aromatic carbocycles. The van der Waals surface area contributed by atoms with Crippen molar-refractivity contribution in [1.82, 2.24) is 10.3 Å². The molecule has 3 rings (SSSR count). The number of hydrogen-bond donors (Lipinski definition) is 2. The van der Waals surface area contributed by atoms with Crippen molar-refractivity contribution in [3.63, 3.8) is 0 Å². The zero-order valence-electron chi connectivity index (χ0n) is 20.2. The molecule has 6 heteroatoms. The summed E-state index contributed by atoms with van der Waals surface area (Å²) < 4.78 is 20.9. The topological polar surface area (TPSA) is 77.9 Å². The number of nitrogens with one attached hydrogen (secondary N) is 2. The van der Waals surface area contributed by atoms with E-state index in [1.54, 1.807) is 0 Å². The minimum atomic E-state index is -0.583. The summed E-state index contributed by atoms with van der Waals surface area (Å²) >= 11 is 0. The highest BCUT2D eigenvalue weighted by molar-refractivity contribution is 5.98. The van der Waals surface area contributed by atoms with Gasteiger partial charge >= 0.3 is 6.09 Å². The number of aromatic nitrogens is 1. The number of ether oxygens (including phenoxy) is 1. The number of fused-ring (bicyclic) bond motifs is 1. The van der Waals surface area contributed by atoms with Gasteiger partial charge in [-0.05, 0) is 76.0 Å². The molecule has 0 aliphatic heterocycles. The van der Waals surface area contributed by atoms with Crippen LogP contribution in [0.1, 0.15) is 82.7 Å². The number of alkyl carbamates (subject to hydrolysis) is 1. The quantitative estimate of drug-likeness (QED) is 0.558. The van der Waals surface area contributed by atoms with Crippen LogP contribution in [0.4, 0.5) is 9.18 Å². The highest BCUT2D eigenvalue weighted by atomic mass is 19.1. The van der Waals surface area contributed by atoms with Gasteiger partial charge in [-0.15, -0.1) is 0 Å². The van der Waals surface area contributed by atoms with Gasteiger partial charge in [-0.3, -0.25) is 0 Å². The summed E-state index contributed by atoms with van der Waals surface area (Å²) in [5, 5.41) is 13.2. The van der Waals surface area contributed by atoms with Crippen molar-refractivity contribution in [2.45, 2.75) is 85.8 Å². The molecular formula is C26H34FN3O2. The summed E-state index contributed by atoms with van der Waals surface area (Å²) in [6.45, 7) is 14.1. The third-order valence-electron chi connectivity index (χ3n) is 5.99. The number of carbonyl (C=O) groups is 1. The molecule has 0 radical (unpaired) electrons. The first-order valence-electron chi connectivity index (χ1n) is 11.2. The highest BCUT2D eigenvalue weighted by Gasteiger charge is 2.31. The fraction of sp³-hybridized carbons (Fsp3) is 0.538. The van der Waals surface area contributed by atoms with Gasteiger partial charge in [-0.2, -0.15) is 5.26 Å². The van der Waals surface area contributed by atoms with Gasteiger partial charge < -0.3 is 15.0 Å². The molecule has 0 saturated carbocycles. The van der Waals surface area contributed by atoms with Gasteiger partial charge in [-0.1, -0.05) is 26.8 Å². The number of amides is 1. The van der Waals surface area contributed by atoms with E-state index in [4.69, 9.17) is 4.74 Å². The van der Waals surface area contributed by atoms with Gasteiger partial charge in [0.2, 0.25) is 0 Å². The number of benzene rings is 1. The number of nitriles is 1. The lowest BCUT2D eigenvalue weighted by Gasteiger charge is -2.33. The highest BCUT2D eigenvalue weighted by Crippen LogP contribution is 2.38. The molecule has 0 unspecified atom stereocenters. The number of rotatable bonds is 4. The lowest BCUT2D eigenvalue weighted by atomic mass is 9.84. The number of H-pyrrole nitrogens is 1. The molecule has 0 bridgehead atoms. The Morgan fingerprint density at radius 2 is 2.00 bits per heavy atom. The summed E-state index contributed by atoms with van der Waals surface area (Å²) in [6, 6.07) is 3.25. The predicted molar refractivity (Wildman–Crippen MR) is 126 cm³/mol. The Morgan fingerprint density at radius 3 is 2.62 bits per heavy atom. The summed E-state index contributed by atoms with van der Waals surface area (Å²) in [6.07, 6.45) is 4.35. The van der Waals surface area contributed by atoms with Crippen molar-refractivity contribution in [3.8, 4) is 6.07 Å². The molecule has 0 spiro atoms. The van der Waals surface area contributed by atoms with E-state index in [1.165, 1.54) is 6.07 Å². The Labute approximate surface area is 190 Å². The average molecular weight is 440 g/mol. The lowest BCUT2D eigenvalue weighted by Crippen LogP contribution is -2.42. The van der Waals surface area contributed by atoms with Crippen molar-refractivity contribution in [3.05, 3.63) is 40.3 Å². The zero-order valence-corrected chi connectivity index (χ0v) is 20.2. The molecule has 1 aromatic heterocycles. The molecular weight excluding hydrogens is 405 g/mol. The molecule has 2 aromatic rings. The van der Waals surface area contributed by atoms with Gasteiger partial charge in [0.05, 0.1) is 11.1 Å². The Hall–Kier alpha value is -2.81. The lowest BCUT2D eigenvalue weighted by molar-refractivity contribution is 0.00852. The third-order valence-corrected chi connectivity index (χ3v) is 5.99. The van der Waals surface area contributed by atoms with Crippen LogP contribution in [-0.4, -0.2) is 22.7 Å². The van der Waals surface area contributed by atoms with Crippen LogP contribution in [0.15, 0.2) is 12.1 Å². The minimum Gasteiger partial charge on any atom is -0.444 e. The van der Waals surface area contributed by atoms with Crippen LogP contribution >= 0.6 is 0 Å². The van der Waals surface area contributed by atoms with Gasteiger partial charge in [-0.25, -0.2) is 9.18 Å². The Morgan fingerprint density at radius 1 is 1.31 bits per heavy atom. The van der Waals surface area contributed by atoms with Crippen LogP contribution < -0.4 is 5.32 Å². The van der Waals surface area contributed by atoms with E-state index >= 15 is 4.39 Å². The molecule has 1 aliphatic rings. The molecule has 5 nitrogen and oxygen atoms in total. The first-order valence-corrected chi connectivity index (χ1v) is 11.2. The summed E-state index contributed by atoms with van der Waals surface area (Å²) in [5.74, 6) is -0.406. The first-order chi connectivity index (χ1) is 14.8. The molecule has 0 saturated heterocycles. The number of aromatic amines is 1. The van der Waals surface area contributed by atoms with Crippen LogP contribution in [0.2, 0.25) is 0 Å². The second-order valence-electron chi connectivity index (χ2n) is 10.8. The molecule has 1 amide bonds. The van der Waals surface area contributed by atoms with Crippen LogP contribution in [-0.2, 0) is 4.74 Å². The number of carbonyl (C=O) groups excluding carboxylic acids is 1. The van der Waals surface area contributed by atoms with Crippen molar-refractivity contribution in [2.24, 2.45) is 5.41 Å². The Balaban J connectivity index is 1.82. The predicted octanol–water partition coefficient (Wildman–Crippen LogP) is 6.67. The molecule has 172 valence electrons. The van der Waals surface area contributed by atoms with E-state index in [2.05, 4.69) is 37.1 Å². The van der Waals surface area contributed by atoms with Gasteiger partial charge in [0.1, 0.15) is 17.5 Å². The van der Waals surface area contributed by atoms with E-state index in [-0.39, 0.29) is 11.5 Å². The first kappa shape index (κ1) is 23.8. The molecule has 1 heterocycles. The van der Waals surface area contributed by atoms with Crippen molar-refractivity contribution < 1.29 is 13.9 Å². The maximum atomic E-state index is 15.2. The van der Waals surface area contributed by atoms with E-state index < -0.39 is 17.5 Å². The summed E-state index contributed by atoms with van der Waals surface area (Å²) in [4.78, 5) is 15.8. The standard InChI is InChI=1S/C26H34FN3O2/c1-15-16(2)29-23-18(13-28)12-20(27)22(21(15)23)17-9-8-10-19(11-17)30-24(31)32-26(6,7)14-25(3,4)5/h9,12,19,29H,8,10-11,14H2,1-7H3,(H,30,31)/t19-/m0/s1.